The molecule has 7 heteroatoms. The smallest absolute Gasteiger partial charge is 0.417 e. The molecule has 1 rings (SSSR count). The van der Waals surface area contributed by atoms with E-state index in [4.69, 9.17) is 4.74 Å². The number of rotatable bonds is 2. The fourth-order valence-electron chi connectivity index (χ4n) is 1.02. The third kappa shape index (κ3) is 3.33. The SMILES string of the molecule is COc1ccc(P(Br)Br)c(C(F)(F)F)c1. The predicted octanol–water partition coefficient (Wildman–Crippen LogP) is 4.44. The summed E-state index contributed by atoms with van der Waals surface area (Å²) in [4.78, 5) is 0. The lowest BCUT2D eigenvalue weighted by molar-refractivity contribution is -0.136. The van der Waals surface area contributed by atoms with Crippen LogP contribution in [0.4, 0.5) is 13.2 Å². The van der Waals surface area contributed by atoms with E-state index in [-0.39, 0.29) is 11.1 Å². The fraction of sp³-hybridized carbons (Fsp3) is 0.250. The summed E-state index contributed by atoms with van der Waals surface area (Å²) >= 11 is 6.23. The van der Waals surface area contributed by atoms with Crippen molar-refractivity contribution in [2.45, 2.75) is 6.18 Å². The molecule has 1 nitrogen and oxygen atoms in total. The van der Waals surface area contributed by atoms with Crippen molar-refractivity contribution in [3.8, 4) is 5.75 Å². The van der Waals surface area contributed by atoms with Crippen LogP contribution in [0.1, 0.15) is 5.56 Å². The molecule has 0 heterocycles. The van der Waals surface area contributed by atoms with E-state index in [2.05, 4.69) is 31.0 Å². The summed E-state index contributed by atoms with van der Waals surface area (Å²) in [5.74, 6) is 0.197. The van der Waals surface area contributed by atoms with E-state index >= 15 is 0 Å². The summed E-state index contributed by atoms with van der Waals surface area (Å²) in [5, 5.41) is -0.956. The van der Waals surface area contributed by atoms with Crippen LogP contribution in [0, 0.1) is 0 Å². The monoisotopic (exact) mass is 364 g/mol. The first-order valence-corrected chi connectivity index (χ1v) is 9.11. The molecule has 0 spiro atoms. The molecule has 0 fully saturated rings. The van der Waals surface area contributed by atoms with Crippen LogP contribution in [0.3, 0.4) is 0 Å². The zero-order chi connectivity index (χ0) is 11.6. The summed E-state index contributed by atoms with van der Waals surface area (Å²) in [5.41, 5.74) is -0.679. The summed E-state index contributed by atoms with van der Waals surface area (Å²) in [6.45, 7) is 0. The third-order valence-corrected chi connectivity index (χ3v) is 4.74. The van der Waals surface area contributed by atoms with E-state index in [1.54, 1.807) is 0 Å². The van der Waals surface area contributed by atoms with Crippen molar-refractivity contribution in [2.75, 3.05) is 7.11 Å². The molecular weight excluding hydrogens is 360 g/mol. The number of hydrogen-bond acceptors (Lipinski definition) is 1. The first kappa shape index (κ1) is 13.3. The van der Waals surface area contributed by atoms with Crippen molar-refractivity contribution in [1.82, 2.24) is 0 Å². The van der Waals surface area contributed by atoms with Crippen molar-refractivity contribution < 1.29 is 17.9 Å². The van der Waals surface area contributed by atoms with Gasteiger partial charge in [-0.1, -0.05) is 0 Å². The largest absolute Gasteiger partial charge is 0.497 e. The van der Waals surface area contributed by atoms with Crippen LogP contribution < -0.4 is 10.0 Å². The molecule has 0 saturated heterocycles. The molecule has 0 N–H and O–H groups in total. The van der Waals surface area contributed by atoms with Gasteiger partial charge >= 0.3 is 6.18 Å². The average molecular weight is 366 g/mol. The highest BCUT2D eigenvalue weighted by atomic mass is 79.9. The molecule has 0 radical (unpaired) electrons. The molecule has 1 aromatic carbocycles. The van der Waals surface area contributed by atoms with Crippen LogP contribution in [-0.2, 0) is 6.18 Å². The maximum Gasteiger partial charge on any atom is 0.417 e. The molecule has 0 amide bonds. The van der Waals surface area contributed by atoms with Gasteiger partial charge in [0, 0.05) is 5.30 Å². The number of methoxy groups -OCH3 is 1. The summed E-state index contributed by atoms with van der Waals surface area (Å²) < 4.78 is 42.7. The van der Waals surface area contributed by atoms with Crippen LogP contribution in [0.15, 0.2) is 18.2 Å². The van der Waals surface area contributed by atoms with E-state index < -0.39 is 17.1 Å². The first-order chi connectivity index (χ1) is 6.86. The molecule has 0 aliphatic heterocycles. The molecule has 0 bridgehead atoms. The van der Waals surface area contributed by atoms with Crippen molar-refractivity contribution >= 4 is 41.6 Å². The molecule has 0 unspecified atom stereocenters. The Kier molecular flexibility index (Phi) is 4.44. The Hall–Kier alpha value is 0.200. The van der Waals surface area contributed by atoms with Gasteiger partial charge in [0.2, 0.25) is 0 Å². The van der Waals surface area contributed by atoms with Gasteiger partial charge < -0.3 is 4.74 Å². The van der Waals surface area contributed by atoms with Crippen LogP contribution >= 0.6 is 36.3 Å². The summed E-state index contributed by atoms with van der Waals surface area (Å²) in [7, 11) is 1.33. The van der Waals surface area contributed by atoms with Crippen LogP contribution in [-0.4, -0.2) is 7.11 Å². The normalized spacial score (nSPS) is 11.9. The second kappa shape index (κ2) is 5.02. The fourth-order valence-corrected chi connectivity index (χ4v) is 3.43. The van der Waals surface area contributed by atoms with Crippen molar-refractivity contribution in [3.63, 3.8) is 0 Å². The highest BCUT2D eigenvalue weighted by Gasteiger charge is 2.35. The molecule has 0 aliphatic carbocycles. The maximum atomic E-state index is 12.6. The standard InChI is InChI=1S/C8H6Br2F3OP/c1-14-5-2-3-7(15(9)10)6(4-5)8(11,12)13/h2-4H,1H3. The minimum absolute atomic E-state index is 0.193. The Morgan fingerprint density at radius 3 is 2.27 bits per heavy atom. The summed E-state index contributed by atoms with van der Waals surface area (Å²) in [6, 6.07) is 3.90. The molecule has 0 saturated carbocycles. The zero-order valence-corrected chi connectivity index (χ0v) is 11.5. The van der Waals surface area contributed by atoms with Gasteiger partial charge in [0.05, 0.1) is 18.0 Å². The van der Waals surface area contributed by atoms with Gasteiger partial charge in [-0.15, -0.1) is 0 Å². The Bertz CT molecular complexity index is 354. The zero-order valence-electron chi connectivity index (χ0n) is 7.48. The van der Waals surface area contributed by atoms with Crippen molar-refractivity contribution in [3.05, 3.63) is 23.8 Å². The van der Waals surface area contributed by atoms with Crippen LogP contribution in [0.5, 0.6) is 5.75 Å². The van der Waals surface area contributed by atoms with Gasteiger partial charge in [-0.2, -0.15) is 13.2 Å². The van der Waals surface area contributed by atoms with E-state index in [9.17, 15) is 13.2 Å². The Labute approximate surface area is 102 Å². The van der Waals surface area contributed by atoms with E-state index in [1.165, 1.54) is 19.2 Å². The minimum atomic E-state index is -4.37. The maximum absolute atomic E-state index is 12.6. The highest BCUT2D eigenvalue weighted by molar-refractivity contribution is 9.70. The van der Waals surface area contributed by atoms with Gasteiger partial charge in [0.15, 0.2) is 0 Å². The first-order valence-electron chi connectivity index (χ1n) is 3.73. The van der Waals surface area contributed by atoms with Crippen LogP contribution in [0.2, 0.25) is 0 Å². The van der Waals surface area contributed by atoms with Crippen molar-refractivity contribution in [2.24, 2.45) is 0 Å². The van der Waals surface area contributed by atoms with E-state index in [1.807, 2.05) is 0 Å². The van der Waals surface area contributed by atoms with Gasteiger partial charge in [-0.25, -0.2) is 0 Å². The molecular formula is C8H6Br2F3OP. The molecule has 0 aliphatic rings. The average Bonchev–Trinajstić information content (AvgIpc) is 2.15. The predicted molar refractivity (Wildman–Crippen MR) is 62.4 cm³/mol. The lowest BCUT2D eigenvalue weighted by Crippen LogP contribution is -2.16. The lowest BCUT2D eigenvalue weighted by Gasteiger charge is -2.14. The molecule has 0 atom stereocenters. The van der Waals surface area contributed by atoms with E-state index in [0.717, 1.165) is 6.07 Å². The topological polar surface area (TPSA) is 9.23 Å². The molecule has 0 aromatic heterocycles. The van der Waals surface area contributed by atoms with Gasteiger partial charge in [-0.05, 0) is 49.2 Å². The lowest BCUT2D eigenvalue weighted by atomic mass is 10.2. The Morgan fingerprint density at radius 2 is 1.87 bits per heavy atom. The molecule has 1 aromatic rings. The van der Waals surface area contributed by atoms with Gasteiger partial charge in [0.1, 0.15) is 5.75 Å². The van der Waals surface area contributed by atoms with E-state index in [0.29, 0.717) is 0 Å². The number of halogens is 5. The minimum Gasteiger partial charge on any atom is -0.497 e. The molecule has 15 heavy (non-hydrogen) atoms. The second-order valence-electron chi connectivity index (χ2n) is 2.61. The van der Waals surface area contributed by atoms with Gasteiger partial charge in [0.25, 0.3) is 0 Å². The van der Waals surface area contributed by atoms with Crippen molar-refractivity contribution in [1.29, 1.82) is 0 Å². The number of benzene rings is 1. The quantitative estimate of drug-likeness (QED) is 0.704. The number of ether oxygens (including phenoxy) is 1. The van der Waals surface area contributed by atoms with Crippen LogP contribution in [0.25, 0.3) is 0 Å². The van der Waals surface area contributed by atoms with Gasteiger partial charge in [-0.3, -0.25) is 0 Å². The summed E-state index contributed by atoms with van der Waals surface area (Å²) in [6.07, 6.45) is -4.37. The molecule has 84 valence electrons. The number of alkyl halides is 3. The highest BCUT2D eigenvalue weighted by Crippen LogP contribution is 2.53. The Morgan fingerprint density at radius 1 is 1.27 bits per heavy atom. The second-order valence-corrected chi connectivity index (χ2v) is 10.7. The third-order valence-electron chi connectivity index (χ3n) is 1.69. The number of hydrogen-bond donors (Lipinski definition) is 0. The Balaban J connectivity index is 3.29.